The van der Waals surface area contributed by atoms with Gasteiger partial charge in [0, 0.05) is 50.1 Å². The van der Waals surface area contributed by atoms with Crippen LogP contribution in [0.4, 0.5) is 11.4 Å². The number of piperidine rings is 1. The summed E-state index contributed by atoms with van der Waals surface area (Å²) in [5.41, 5.74) is 5.66. The number of fused-ring (bicyclic) bond motifs is 1. The number of hydrogen-bond acceptors (Lipinski definition) is 3. The van der Waals surface area contributed by atoms with Gasteiger partial charge in [-0.2, -0.15) is 0 Å². The van der Waals surface area contributed by atoms with Crippen molar-refractivity contribution in [2.24, 2.45) is 0 Å². The van der Waals surface area contributed by atoms with Crippen molar-refractivity contribution < 1.29 is 0 Å². The summed E-state index contributed by atoms with van der Waals surface area (Å²) < 4.78 is 0. The molecule has 0 radical (unpaired) electrons. The Balaban J connectivity index is 1.21. The van der Waals surface area contributed by atoms with Crippen LogP contribution in [0.5, 0.6) is 0 Å². The Labute approximate surface area is 151 Å². The van der Waals surface area contributed by atoms with E-state index in [1.165, 1.54) is 48.3 Å². The third-order valence-electron chi connectivity index (χ3n) is 5.69. The summed E-state index contributed by atoms with van der Waals surface area (Å²) in [7, 11) is 0. The van der Waals surface area contributed by atoms with Gasteiger partial charge >= 0.3 is 0 Å². The minimum atomic E-state index is 0.666. The molecule has 0 spiro atoms. The van der Waals surface area contributed by atoms with E-state index in [-0.39, 0.29) is 0 Å². The molecule has 3 heteroatoms. The zero-order valence-corrected chi connectivity index (χ0v) is 15.2. The van der Waals surface area contributed by atoms with Crippen LogP contribution in [0.15, 0.2) is 48.5 Å². The third kappa shape index (κ3) is 3.82. The normalized spacial score (nSPS) is 17.8. The second-order valence-electron chi connectivity index (χ2n) is 7.42. The number of rotatable bonds is 5. The molecule has 4 rings (SSSR count). The van der Waals surface area contributed by atoms with Crippen molar-refractivity contribution in [3.8, 4) is 0 Å². The molecule has 0 saturated carbocycles. The SMILES string of the molecule is Cc1ccc(N2CCC(NCCN3CCc4ccccc43)CC2)cc1. The van der Waals surface area contributed by atoms with Crippen molar-refractivity contribution in [1.29, 1.82) is 0 Å². The molecule has 132 valence electrons. The summed E-state index contributed by atoms with van der Waals surface area (Å²) in [5, 5.41) is 3.79. The van der Waals surface area contributed by atoms with Gasteiger partial charge in [0.1, 0.15) is 0 Å². The Kier molecular flexibility index (Phi) is 4.93. The summed E-state index contributed by atoms with van der Waals surface area (Å²) in [4.78, 5) is 5.05. The van der Waals surface area contributed by atoms with E-state index in [2.05, 4.69) is 70.6 Å². The van der Waals surface area contributed by atoms with E-state index in [0.717, 1.165) is 26.2 Å². The summed E-state index contributed by atoms with van der Waals surface area (Å²) >= 11 is 0. The summed E-state index contributed by atoms with van der Waals surface area (Å²) in [6.07, 6.45) is 3.68. The fourth-order valence-electron chi connectivity index (χ4n) is 4.14. The Morgan fingerprint density at radius 2 is 1.72 bits per heavy atom. The Bertz CT molecular complexity index is 687. The number of para-hydroxylation sites is 1. The van der Waals surface area contributed by atoms with E-state index in [1.807, 2.05) is 0 Å². The average molecular weight is 335 g/mol. The van der Waals surface area contributed by atoms with Gasteiger partial charge in [0.25, 0.3) is 0 Å². The molecular weight excluding hydrogens is 306 g/mol. The highest BCUT2D eigenvalue weighted by Crippen LogP contribution is 2.26. The lowest BCUT2D eigenvalue weighted by molar-refractivity contribution is 0.418. The van der Waals surface area contributed by atoms with E-state index < -0.39 is 0 Å². The first kappa shape index (κ1) is 16.5. The lowest BCUT2D eigenvalue weighted by atomic mass is 10.0. The fourth-order valence-corrected chi connectivity index (χ4v) is 4.14. The van der Waals surface area contributed by atoms with Crippen molar-refractivity contribution in [3.63, 3.8) is 0 Å². The van der Waals surface area contributed by atoms with Gasteiger partial charge < -0.3 is 15.1 Å². The van der Waals surface area contributed by atoms with Crippen LogP contribution in [0, 0.1) is 6.92 Å². The smallest absolute Gasteiger partial charge is 0.0399 e. The van der Waals surface area contributed by atoms with Gasteiger partial charge in [-0.3, -0.25) is 0 Å². The number of anilines is 2. The lowest BCUT2D eigenvalue weighted by Crippen LogP contribution is -2.44. The largest absolute Gasteiger partial charge is 0.371 e. The molecule has 2 aromatic carbocycles. The second kappa shape index (κ2) is 7.49. The van der Waals surface area contributed by atoms with Crippen molar-refractivity contribution in [3.05, 3.63) is 59.7 Å². The topological polar surface area (TPSA) is 18.5 Å². The average Bonchev–Trinajstić information content (AvgIpc) is 3.06. The molecule has 1 saturated heterocycles. The number of aryl methyl sites for hydroxylation is 1. The molecule has 2 aliphatic rings. The molecule has 2 aliphatic heterocycles. The van der Waals surface area contributed by atoms with Crippen molar-refractivity contribution in [2.45, 2.75) is 32.2 Å². The molecule has 0 aliphatic carbocycles. The molecule has 1 fully saturated rings. The van der Waals surface area contributed by atoms with E-state index in [4.69, 9.17) is 0 Å². The second-order valence-corrected chi connectivity index (χ2v) is 7.42. The van der Waals surface area contributed by atoms with Gasteiger partial charge in [0.2, 0.25) is 0 Å². The third-order valence-corrected chi connectivity index (χ3v) is 5.69. The van der Waals surface area contributed by atoms with Crippen LogP contribution in [-0.2, 0) is 6.42 Å². The Morgan fingerprint density at radius 3 is 2.52 bits per heavy atom. The molecule has 25 heavy (non-hydrogen) atoms. The summed E-state index contributed by atoms with van der Waals surface area (Å²) in [6, 6.07) is 18.5. The van der Waals surface area contributed by atoms with E-state index in [0.29, 0.717) is 6.04 Å². The molecule has 0 amide bonds. The number of nitrogens with one attached hydrogen (secondary N) is 1. The van der Waals surface area contributed by atoms with Crippen molar-refractivity contribution >= 4 is 11.4 Å². The quantitative estimate of drug-likeness (QED) is 0.900. The summed E-state index contributed by atoms with van der Waals surface area (Å²) in [5.74, 6) is 0. The van der Waals surface area contributed by atoms with Gasteiger partial charge in [-0.25, -0.2) is 0 Å². The van der Waals surface area contributed by atoms with Gasteiger partial charge in [-0.15, -0.1) is 0 Å². The van der Waals surface area contributed by atoms with Crippen LogP contribution in [0.1, 0.15) is 24.0 Å². The van der Waals surface area contributed by atoms with Gasteiger partial charge in [0.05, 0.1) is 0 Å². The highest BCUT2D eigenvalue weighted by atomic mass is 15.2. The van der Waals surface area contributed by atoms with Crippen LogP contribution in [0.3, 0.4) is 0 Å². The molecule has 1 N–H and O–H groups in total. The molecular formula is C22H29N3. The van der Waals surface area contributed by atoms with Gasteiger partial charge in [0.15, 0.2) is 0 Å². The van der Waals surface area contributed by atoms with Crippen molar-refractivity contribution in [1.82, 2.24) is 5.32 Å². The van der Waals surface area contributed by atoms with Crippen LogP contribution in [0.25, 0.3) is 0 Å². The predicted octanol–water partition coefficient (Wildman–Crippen LogP) is 3.62. The molecule has 0 aromatic heterocycles. The first-order valence-electron chi connectivity index (χ1n) is 9.67. The highest BCUT2D eigenvalue weighted by Gasteiger charge is 2.21. The molecule has 0 bridgehead atoms. The van der Waals surface area contributed by atoms with Crippen LogP contribution < -0.4 is 15.1 Å². The van der Waals surface area contributed by atoms with Crippen LogP contribution in [-0.4, -0.2) is 38.8 Å². The molecule has 0 unspecified atom stereocenters. The first-order valence-corrected chi connectivity index (χ1v) is 9.67. The maximum Gasteiger partial charge on any atom is 0.0399 e. The fraction of sp³-hybridized carbons (Fsp3) is 0.455. The van der Waals surface area contributed by atoms with Crippen molar-refractivity contribution in [2.75, 3.05) is 42.5 Å². The van der Waals surface area contributed by atoms with Crippen LogP contribution >= 0.6 is 0 Å². The molecule has 2 aromatic rings. The van der Waals surface area contributed by atoms with E-state index in [9.17, 15) is 0 Å². The maximum absolute atomic E-state index is 3.79. The number of nitrogens with zero attached hydrogens (tertiary/aromatic N) is 2. The molecule has 2 heterocycles. The standard InChI is InChI=1S/C22H29N3/c1-18-6-8-21(9-7-18)24-15-11-20(12-16-24)23-13-17-25-14-10-19-4-2-3-5-22(19)25/h2-9,20,23H,10-17H2,1H3. The number of benzene rings is 2. The first-order chi connectivity index (χ1) is 12.3. The van der Waals surface area contributed by atoms with Crippen LogP contribution in [0.2, 0.25) is 0 Å². The highest BCUT2D eigenvalue weighted by molar-refractivity contribution is 5.57. The molecule has 0 atom stereocenters. The minimum absolute atomic E-state index is 0.666. The zero-order valence-electron chi connectivity index (χ0n) is 15.2. The minimum Gasteiger partial charge on any atom is -0.371 e. The van der Waals surface area contributed by atoms with Gasteiger partial charge in [-0.05, 0) is 49.9 Å². The zero-order chi connectivity index (χ0) is 17.1. The Morgan fingerprint density at radius 1 is 0.960 bits per heavy atom. The summed E-state index contributed by atoms with van der Waals surface area (Å²) in [6.45, 7) is 7.85. The number of hydrogen-bond donors (Lipinski definition) is 1. The lowest BCUT2D eigenvalue weighted by Gasteiger charge is -2.34. The van der Waals surface area contributed by atoms with E-state index in [1.54, 1.807) is 0 Å². The van der Waals surface area contributed by atoms with Gasteiger partial charge in [-0.1, -0.05) is 35.9 Å². The van der Waals surface area contributed by atoms with E-state index >= 15 is 0 Å². The maximum atomic E-state index is 3.79. The molecule has 3 nitrogen and oxygen atoms in total. The predicted molar refractivity (Wildman–Crippen MR) is 107 cm³/mol. The Hall–Kier alpha value is -2.00. The monoisotopic (exact) mass is 335 g/mol.